The zero-order valence-corrected chi connectivity index (χ0v) is 13.3. The first kappa shape index (κ1) is 16.7. The molecule has 0 radical (unpaired) electrons. The number of benzene rings is 2. The lowest BCUT2D eigenvalue weighted by atomic mass is 9.93. The van der Waals surface area contributed by atoms with E-state index in [-0.39, 0.29) is 12.3 Å². The number of carbonyl (C=O) groups is 3. The van der Waals surface area contributed by atoms with Crippen molar-refractivity contribution in [1.82, 2.24) is 5.32 Å². The molecule has 0 aliphatic heterocycles. The first-order valence-electron chi connectivity index (χ1n) is 7.89. The molecule has 0 heterocycles. The van der Waals surface area contributed by atoms with Gasteiger partial charge in [-0.15, -0.1) is 0 Å². The number of carbonyl (C=O) groups excluding carboxylic acids is 1. The fourth-order valence-corrected chi connectivity index (χ4v) is 3.29. The predicted molar refractivity (Wildman–Crippen MR) is 90.2 cm³/mol. The highest BCUT2D eigenvalue weighted by atomic mass is 16.4. The number of aliphatic carboxylic acids is 2. The molecule has 3 rings (SSSR count). The third-order valence-corrected chi connectivity index (χ3v) is 4.36. The molecule has 0 bridgehead atoms. The Balaban J connectivity index is 1.82. The number of hydrogen-bond acceptors (Lipinski definition) is 3. The van der Waals surface area contributed by atoms with Gasteiger partial charge in [0.15, 0.2) is 0 Å². The quantitative estimate of drug-likeness (QED) is 0.749. The molecule has 1 aliphatic carbocycles. The summed E-state index contributed by atoms with van der Waals surface area (Å²) in [7, 11) is 0. The first-order valence-corrected chi connectivity index (χ1v) is 7.89. The number of nitrogens with one attached hydrogen (secondary N) is 1. The Morgan fingerprint density at radius 3 is 1.92 bits per heavy atom. The minimum Gasteiger partial charge on any atom is -0.481 e. The van der Waals surface area contributed by atoms with E-state index in [4.69, 9.17) is 10.2 Å². The summed E-state index contributed by atoms with van der Waals surface area (Å²) >= 11 is 0. The lowest BCUT2D eigenvalue weighted by Crippen LogP contribution is -2.42. The van der Waals surface area contributed by atoms with Crippen LogP contribution in [0.3, 0.4) is 0 Å². The average Bonchev–Trinajstić information content (AvgIpc) is 2.88. The Labute approximate surface area is 144 Å². The van der Waals surface area contributed by atoms with Crippen LogP contribution in [-0.2, 0) is 14.4 Å². The third kappa shape index (κ3) is 3.38. The summed E-state index contributed by atoms with van der Waals surface area (Å²) in [6, 6.07) is 14.2. The maximum atomic E-state index is 12.3. The highest BCUT2D eigenvalue weighted by molar-refractivity contribution is 5.88. The first-order chi connectivity index (χ1) is 12.0. The van der Waals surface area contributed by atoms with Crippen molar-refractivity contribution in [2.24, 2.45) is 0 Å². The second-order valence-electron chi connectivity index (χ2n) is 5.99. The summed E-state index contributed by atoms with van der Waals surface area (Å²) in [6.07, 6.45) is -0.587. The Hall–Kier alpha value is -3.15. The Bertz CT molecular complexity index is 800. The largest absolute Gasteiger partial charge is 0.481 e. The third-order valence-electron chi connectivity index (χ3n) is 4.36. The zero-order chi connectivity index (χ0) is 18.0. The number of carboxylic acids is 2. The van der Waals surface area contributed by atoms with E-state index in [2.05, 4.69) is 5.32 Å². The summed E-state index contributed by atoms with van der Waals surface area (Å²) < 4.78 is 0. The fraction of sp³-hybridized carbons (Fsp3) is 0.211. The monoisotopic (exact) mass is 339 g/mol. The molecule has 0 saturated carbocycles. The molecule has 6 nitrogen and oxygen atoms in total. The Morgan fingerprint density at radius 2 is 1.44 bits per heavy atom. The van der Waals surface area contributed by atoms with Gasteiger partial charge in [0.25, 0.3) is 0 Å². The highest BCUT2D eigenvalue weighted by Crippen LogP contribution is 2.45. The minimum absolute atomic E-state index is 0.0669. The predicted octanol–water partition coefficient (Wildman–Crippen LogP) is 2.23. The van der Waals surface area contributed by atoms with Crippen molar-refractivity contribution < 1.29 is 24.6 Å². The molecule has 1 aliphatic rings. The van der Waals surface area contributed by atoms with Crippen molar-refractivity contribution in [3.05, 3.63) is 59.7 Å². The van der Waals surface area contributed by atoms with E-state index in [0.717, 1.165) is 22.3 Å². The van der Waals surface area contributed by atoms with Gasteiger partial charge in [-0.2, -0.15) is 0 Å². The summed E-state index contributed by atoms with van der Waals surface area (Å²) in [4.78, 5) is 34.2. The molecule has 2 aromatic rings. The molecule has 1 atom stereocenters. The molecular formula is C19H17NO5. The fourth-order valence-electron chi connectivity index (χ4n) is 3.29. The van der Waals surface area contributed by atoms with E-state index in [0.29, 0.717) is 0 Å². The minimum atomic E-state index is -1.43. The van der Waals surface area contributed by atoms with Crippen molar-refractivity contribution in [2.75, 3.05) is 0 Å². The molecule has 0 unspecified atom stereocenters. The van der Waals surface area contributed by atoms with Crippen LogP contribution in [0, 0.1) is 0 Å². The molecule has 0 fully saturated rings. The molecule has 25 heavy (non-hydrogen) atoms. The van der Waals surface area contributed by atoms with Gasteiger partial charge in [-0.3, -0.25) is 9.59 Å². The van der Waals surface area contributed by atoms with Crippen LogP contribution in [-0.4, -0.2) is 34.1 Å². The van der Waals surface area contributed by atoms with Crippen LogP contribution in [0.1, 0.15) is 29.9 Å². The molecule has 3 N–H and O–H groups in total. The summed E-state index contributed by atoms with van der Waals surface area (Å²) in [5.74, 6) is -3.29. The van der Waals surface area contributed by atoms with Crippen LogP contribution < -0.4 is 5.32 Å². The molecule has 6 heteroatoms. The van der Waals surface area contributed by atoms with Crippen LogP contribution in [0.15, 0.2) is 48.5 Å². The van der Waals surface area contributed by atoms with Gasteiger partial charge in [-0.1, -0.05) is 48.5 Å². The molecule has 0 spiro atoms. The lowest BCUT2D eigenvalue weighted by molar-refractivity contribution is -0.147. The molecular weight excluding hydrogens is 322 g/mol. The number of carboxylic acid groups (broad SMARTS) is 2. The molecule has 0 aromatic heterocycles. The van der Waals surface area contributed by atoms with Crippen molar-refractivity contribution in [3.63, 3.8) is 0 Å². The summed E-state index contributed by atoms with van der Waals surface area (Å²) in [5.41, 5.74) is 4.17. The van der Waals surface area contributed by atoms with Gasteiger partial charge in [0, 0.05) is 12.3 Å². The van der Waals surface area contributed by atoms with E-state index in [9.17, 15) is 14.4 Å². The van der Waals surface area contributed by atoms with E-state index in [1.807, 2.05) is 48.5 Å². The normalized spacial score (nSPS) is 13.6. The molecule has 1 amide bonds. The molecule has 2 aromatic carbocycles. The van der Waals surface area contributed by atoms with Crippen molar-refractivity contribution in [1.29, 1.82) is 0 Å². The van der Waals surface area contributed by atoms with E-state index < -0.39 is 30.3 Å². The van der Waals surface area contributed by atoms with Gasteiger partial charge in [-0.05, 0) is 22.3 Å². The maximum absolute atomic E-state index is 12.3. The van der Waals surface area contributed by atoms with Crippen molar-refractivity contribution in [3.8, 4) is 11.1 Å². The average molecular weight is 339 g/mol. The number of rotatable bonds is 6. The van der Waals surface area contributed by atoms with Crippen molar-refractivity contribution >= 4 is 17.8 Å². The van der Waals surface area contributed by atoms with E-state index in [1.54, 1.807) is 0 Å². The number of fused-ring (bicyclic) bond motifs is 3. The summed E-state index contributed by atoms with van der Waals surface area (Å²) in [5, 5.41) is 20.2. The second kappa shape index (κ2) is 6.76. The van der Waals surface area contributed by atoms with Crippen LogP contribution in [0.4, 0.5) is 0 Å². The molecule has 0 saturated heterocycles. The van der Waals surface area contributed by atoms with Gasteiger partial charge in [0.05, 0.1) is 6.42 Å². The van der Waals surface area contributed by atoms with Crippen LogP contribution in [0.25, 0.3) is 11.1 Å². The topological polar surface area (TPSA) is 104 Å². The van der Waals surface area contributed by atoms with Crippen LogP contribution in [0.2, 0.25) is 0 Å². The lowest BCUT2D eigenvalue weighted by Gasteiger charge is -2.16. The Kier molecular flexibility index (Phi) is 4.52. The SMILES string of the molecule is O=C(O)C[C@@H](NC(=O)CC1c2ccccc2-c2ccccc21)C(=O)O. The van der Waals surface area contributed by atoms with Gasteiger partial charge in [0.2, 0.25) is 5.91 Å². The standard InChI is InChI=1S/C19H17NO5/c21-17(20-16(19(24)25)10-18(22)23)9-15-13-7-3-1-5-11(13)12-6-2-4-8-14(12)15/h1-8,15-16H,9-10H2,(H,20,21)(H,22,23)(H,24,25)/t16-/m1/s1. The van der Waals surface area contributed by atoms with Gasteiger partial charge < -0.3 is 15.5 Å². The van der Waals surface area contributed by atoms with Crippen LogP contribution in [0.5, 0.6) is 0 Å². The Morgan fingerprint density at radius 1 is 0.920 bits per heavy atom. The van der Waals surface area contributed by atoms with Gasteiger partial charge in [-0.25, -0.2) is 4.79 Å². The highest BCUT2D eigenvalue weighted by Gasteiger charge is 2.31. The van der Waals surface area contributed by atoms with E-state index >= 15 is 0 Å². The smallest absolute Gasteiger partial charge is 0.326 e. The second-order valence-corrected chi connectivity index (χ2v) is 5.99. The van der Waals surface area contributed by atoms with Crippen LogP contribution >= 0.6 is 0 Å². The summed E-state index contributed by atoms with van der Waals surface area (Å²) in [6.45, 7) is 0. The van der Waals surface area contributed by atoms with Gasteiger partial charge in [0.1, 0.15) is 6.04 Å². The maximum Gasteiger partial charge on any atom is 0.326 e. The van der Waals surface area contributed by atoms with E-state index in [1.165, 1.54) is 0 Å². The zero-order valence-electron chi connectivity index (χ0n) is 13.3. The number of hydrogen-bond donors (Lipinski definition) is 3. The van der Waals surface area contributed by atoms with Crippen molar-refractivity contribution in [2.45, 2.75) is 24.8 Å². The molecule has 128 valence electrons. The number of amides is 1. The van der Waals surface area contributed by atoms with Gasteiger partial charge >= 0.3 is 11.9 Å².